The summed E-state index contributed by atoms with van der Waals surface area (Å²) in [5, 5.41) is 6.10. The number of nitrogens with zero attached hydrogens (tertiary/aromatic N) is 1. The van der Waals surface area contributed by atoms with Crippen LogP contribution in [-0.2, 0) is 14.6 Å². The SMILES string of the molecule is CN=C(NCCS(=O)(=O)c1ccccc1)NCC(C)(C)OC. The maximum Gasteiger partial charge on any atom is 0.191 e. The molecule has 0 atom stereocenters. The first-order valence-corrected chi connectivity index (χ1v) is 8.73. The zero-order valence-corrected chi connectivity index (χ0v) is 14.4. The van der Waals surface area contributed by atoms with E-state index >= 15 is 0 Å². The van der Waals surface area contributed by atoms with Gasteiger partial charge in [0.25, 0.3) is 0 Å². The third kappa shape index (κ3) is 6.03. The van der Waals surface area contributed by atoms with E-state index in [4.69, 9.17) is 4.74 Å². The first-order valence-electron chi connectivity index (χ1n) is 7.08. The molecule has 0 aromatic heterocycles. The largest absolute Gasteiger partial charge is 0.377 e. The molecule has 0 heterocycles. The maximum absolute atomic E-state index is 12.1. The van der Waals surface area contributed by atoms with Crippen LogP contribution in [-0.4, -0.2) is 53.0 Å². The van der Waals surface area contributed by atoms with Crippen molar-refractivity contribution in [2.45, 2.75) is 24.3 Å². The smallest absolute Gasteiger partial charge is 0.191 e. The van der Waals surface area contributed by atoms with Gasteiger partial charge in [-0.25, -0.2) is 8.42 Å². The fourth-order valence-electron chi connectivity index (χ4n) is 1.64. The number of guanidine groups is 1. The quantitative estimate of drug-likeness (QED) is 0.578. The van der Waals surface area contributed by atoms with Crippen LogP contribution in [0.25, 0.3) is 0 Å². The van der Waals surface area contributed by atoms with Gasteiger partial charge in [-0.15, -0.1) is 0 Å². The Labute approximate surface area is 132 Å². The Kier molecular flexibility index (Phi) is 6.83. The van der Waals surface area contributed by atoms with Crippen LogP contribution in [0.1, 0.15) is 13.8 Å². The second-order valence-corrected chi connectivity index (χ2v) is 7.56. The van der Waals surface area contributed by atoms with Gasteiger partial charge in [-0.2, -0.15) is 0 Å². The van der Waals surface area contributed by atoms with Crippen LogP contribution in [0, 0.1) is 0 Å². The maximum atomic E-state index is 12.1. The standard InChI is InChI=1S/C15H25N3O3S/c1-15(2,21-4)12-18-14(16-3)17-10-11-22(19,20)13-8-6-5-7-9-13/h5-9H,10-12H2,1-4H3,(H2,16,17,18). The summed E-state index contributed by atoms with van der Waals surface area (Å²) in [5.74, 6) is 0.555. The average molecular weight is 327 g/mol. The summed E-state index contributed by atoms with van der Waals surface area (Å²) in [6.45, 7) is 4.75. The molecule has 6 nitrogen and oxygen atoms in total. The summed E-state index contributed by atoms with van der Waals surface area (Å²) in [7, 11) is 0.000727. The molecule has 7 heteroatoms. The molecule has 0 aliphatic heterocycles. The van der Waals surface area contributed by atoms with Crippen molar-refractivity contribution < 1.29 is 13.2 Å². The lowest BCUT2D eigenvalue weighted by Crippen LogP contribution is -2.46. The van der Waals surface area contributed by atoms with Crippen LogP contribution in [0.15, 0.2) is 40.2 Å². The first kappa shape index (κ1) is 18.4. The summed E-state index contributed by atoms with van der Waals surface area (Å²) in [6, 6.07) is 8.43. The van der Waals surface area contributed by atoms with Crippen LogP contribution < -0.4 is 10.6 Å². The normalized spacial score (nSPS) is 13.0. The molecule has 0 saturated heterocycles. The van der Waals surface area contributed by atoms with Crippen molar-refractivity contribution in [3.05, 3.63) is 30.3 Å². The first-order chi connectivity index (χ1) is 10.3. The number of benzene rings is 1. The predicted octanol–water partition coefficient (Wildman–Crippen LogP) is 1.05. The Balaban J connectivity index is 2.48. The third-order valence-electron chi connectivity index (χ3n) is 3.22. The summed E-state index contributed by atoms with van der Waals surface area (Å²) < 4.78 is 29.6. The minimum absolute atomic E-state index is 0.00534. The molecule has 22 heavy (non-hydrogen) atoms. The highest BCUT2D eigenvalue weighted by atomic mass is 32.2. The third-order valence-corrected chi connectivity index (χ3v) is 4.96. The van der Waals surface area contributed by atoms with Gasteiger partial charge in [0.1, 0.15) is 0 Å². The monoisotopic (exact) mass is 327 g/mol. The average Bonchev–Trinajstić information content (AvgIpc) is 2.51. The van der Waals surface area contributed by atoms with Gasteiger partial charge in [-0.05, 0) is 26.0 Å². The highest BCUT2D eigenvalue weighted by Crippen LogP contribution is 2.09. The lowest BCUT2D eigenvalue weighted by atomic mass is 10.1. The Morgan fingerprint density at radius 1 is 1.23 bits per heavy atom. The molecule has 0 bridgehead atoms. The Morgan fingerprint density at radius 2 is 1.86 bits per heavy atom. The van der Waals surface area contributed by atoms with Crippen molar-refractivity contribution >= 4 is 15.8 Å². The van der Waals surface area contributed by atoms with Crippen LogP contribution in [0.2, 0.25) is 0 Å². The minimum Gasteiger partial charge on any atom is -0.377 e. The van der Waals surface area contributed by atoms with Crippen molar-refractivity contribution in [2.24, 2.45) is 4.99 Å². The molecule has 1 aromatic carbocycles. The Morgan fingerprint density at radius 3 is 2.41 bits per heavy atom. The van der Waals surface area contributed by atoms with Gasteiger partial charge in [0.05, 0.1) is 16.2 Å². The second kappa shape index (κ2) is 8.14. The van der Waals surface area contributed by atoms with Crippen molar-refractivity contribution in [2.75, 3.05) is 33.0 Å². The van der Waals surface area contributed by atoms with E-state index in [0.717, 1.165) is 0 Å². The van der Waals surface area contributed by atoms with Gasteiger partial charge < -0.3 is 15.4 Å². The van der Waals surface area contributed by atoms with Gasteiger partial charge in [0.2, 0.25) is 0 Å². The van der Waals surface area contributed by atoms with E-state index in [2.05, 4.69) is 15.6 Å². The van der Waals surface area contributed by atoms with Gasteiger partial charge >= 0.3 is 0 Å². The van der Waals surface area contributed by atoms with E-state index < -0.39 is 9.84 Å². The lowest BCUT2D eigenvalue weighted by molar-refractivity contribution is 0.0268. The van der Waals surface area contributed by atoms with Crippen LogP contribution >= 0.6 is 0 Å². The molecule has 0 amide bonds. The summed E-state index contributed by atoms with van der Waals surface area (Å²) in [6.07, 6.45) is 0. The molecular weight excluding hydrogens is 302 g/mol. The zero-order valence-electron chi connectivity index (χ0n) is 13.6. The lowest BCUT2D eigenvalue weighted by Gasteiger charge is -2.24. The Bertz CT molecular complexity index is 583. The van der Waals surface area contributed by atoms with Crippen LogP contribution in [0.5, 0.6) is 0 Å². The highest BCUT2D eigenvalue weighted by molar-refractivity contribution is 7.91. The van der Waals surface area contributed by atoms with E-state index in [1.165, 1.54) is 0 Å². The number of rotatable bonds is 7. The van der Waals surface area contributed by atoms with Gasteiger partial charge in [-0.1, -0.05) is 18.2 Å². The van der Waals surface area contributed by atoms with E-state index in [9.17, 15) is 8.42 Å². The molecule has 1 rings (SSSR count). The molecule has 0 aliphatic carbocycles. The van der Waals surface area contributed by atoms with Crippen molar-refractivity contribution in [3.63, 3.8) is 0 Å². The van der Waals surface area contributed by atoms with Gasteiger partial charge in [0.15, 0.2) is 15.8 Å². The predicted molar refractivity (Wildman–Crippen MR) is 88.9 cm³/mol. The molecule has 0 aliphatic rings. The number of aliphatic imine (C=N–C) groups is 1. The number of sulfone groups is 1. The zero-order chi connectivity index (χ0) is 16.6. The molecule has 0 spiro atoms. The molecule has 0 radical (unpaired) electrons. The molecule has 0 fully saturated rings. The molecule has 2 N–H and O–H groups in total. The molecule has 0 unspecified atom stereocenters. The van der Waals surface area contributed by atoms with Gasteiger partial charge in [0, 0.05) is 27.2 Å². The topological polar surface area (TPSA) is 79.8 Å². The number of nitrogens with one attached hydrogen (secondary N) is 2. The van der Waals surface area contributed by atoms with E-state index in [1.54, 1.807) is 44.5 Å². The number of hydrogen-bond donors (Lipinski definition) is 2. The van der Waals surface area contributed by atoms with Crippen molar-refractivity contribution in [1.82, 2.24) is 10.6 Å². The summed E-state index contributed by atoms with van der Waals surface area (Å²) in [4.78, 5) is 4.40. The number of ether oxygens (including phenoxy) is 1. The van der Waals surface area contributed by atoms with Crippen LogP contribution in [0.3, 0.4) is 0 Å². The van der Waals surface area contributed by atoms with E-state index in [0.29, 0.717) is 17.4 Å². The molecule has 0 saturated carbocycles. The fraction of sp³-hybridized carbons (Fsp3) is 0.533. The number of hydrogen-bond acceptors (Lipinski definition) is 4. The van der Waals surface area contributed by atoms with E-state index in [-0.39, 0.29) is 17.9 Å². The van der Waals surface area contributed by atoms with Gasteiger partial charge in [-0.3, -0.25) is 4.99 Å². The number of methoxy groups -OCH3 is 1. The Hall–Kier alpha value is -1.60. The fourth-order valence-corrected chi connectivity index (χ4v) is 2.82. The second-order valence-electron chi connectivity index (χ2n) is 5.45. The van der Waals surface area contributed by atoms with Crippen LogP contribution in [0.4, 0.5) is 0 Å². The van der Waals surface area contributed by atoms with E-state index in [1.807, 2.05) is 13.8 Å². The molecule has 1 aromatic rings. The molecular formula is C15H25N3O3S. The van der Waals surface area contributed by atoms with Crippen molar-refractivity contribution in [1.29, 1.82) is 0 Å². The minimum atomic E-state index is -3.28. The summed E-state index contributed by atoms with van der Waals surface area (Å²) >= 11 is 0. The summed E-state index contributed by atoms with van der Waals surface area (Å²) in [5.41, 5.74) is -0.326. The highest BCUT2D eigenvalue weighted by Gasteiger charge is 2.17. The molecule has 124 valence electrons. The van der Waals surface area contributed by atoms with Crippen molar-refractivity contribution in [3.8, 4) is 0 Å².